The Bertz CT molecular complexity index is 687. The summed E-state index contributed by atoms with van der Waals surface area (Å²) >= 11 is 0. The minimum atomic E-state index is -4.63. The predicted molar refractivity (Wildman–Crippen MR) is 97.2 cm³/mol. The molecule has 0 aliphatic heterocycles. The molecule has 0 bridgehead atoms. The van der Waals surface area contributed by atoms with Crippen molar-refractivity contribution in [1.29, 1.82) is 0 Å². The topological polar surface area (TPSA) is 49.6 Å². The predicted octanol–water partition coefficient (Wildman–Crippen LogP) is 4.31. The van der Waals surface area contributed by atoms with E-state index in [0.29, 0.717) is 30.9 Å². The molecule has 0 fully saturated rings. The fourth-order valence-corrected chi connectivity index (χ4v) is 2.04. The molecule has 2 N–H and O–H groups in total. The maximum absolute atomic E-state index is 13.1. The largest absolute Gasteiger partial charge is 0.467 e. The van der Waals surface area contributed by atoms with Gasteiger partial charge in [0, 0.05) is 6.54 Å². The highest BCUT2D eigenvalue weighted by molar-refractivity contribution is 14.0. The van der Waals surface area contributed by atoms with Crippen LogP contribution in [0.2, 0.25) is 0 Å². The SMILES string of the molecule is CCNC(=NCc1ccc(F)cc1C(F)(F)F)NCc1ccco1.I. The van der Waals surface area contributed by atoms with Crippen LogP contribution >= 0.6 is 24.0 Å². The number of benzene rings is 1. The molecule has 0 aliphatic rings. The van der Waals surface area contributed by atoms with E-state index in [2.05, 4.69) is 15.6 Å². The molecular formula is C16H18F4IN3O. The number of alkyl halides is 3. The first-order chi connectivity index (χ1) is 11.4. The number of nitrogens with one attached hydrogen (secondary N) is 2. The first kappa shape index (κ1) is 21.3. The second-order valence-electron chi connectivity index (χ2n) is 4.93. The van der Waals surface area contributed by atoms with Crippen LogP contribution in [-0.4, -0.2) is 12.5 Å². The maximum Gasteiger partial charge on any atom is 0.416 e. The van der Waals surface area contributed by atoms with Gasteiger partial charge >= 0.3 is 6.18 Å². The van der Waals surface area contributed by atoms with Crippen molar-refractivity contribution in [2.24, 2.45) is 4.99 Å². The molecule has 0 atom stereocenters. The molecule has 0 saturated carbocycles. The van der Waals surface area contributed by atoms with Gasteiger partial charge in [0.1, 0.15) is 11.6 Å². The lowest BCUT2D eigenvalue weighted by Crippen LogP contribution is -2.36. The molecule has 25 heavy (non-hydrogen) atoms. The van der Waals surface area contributed by atoms with Gasteiger partial charge in [0.25, 0.3) is 0 Å². The minimum Gasteiger partial charge on any atom is -0.467 e. The lowest BCUT2D eigenvalue weighted by atomic mass is 10.1. The van der Waals surface area contributed by atoms with Crippen LogP contribution in [0.5, 0.6) is 0 Å². The highest BCUT2D eigenvalue weighted by atomic mass is 127. The number of furan rings is 1. The van der Waals surface area contributed by atoms with Crippen LogP contribution in [0.15, 0.2) is 46.0 Å². The van der Waals surface area contributed by atoms with Crippen molar-refractivity contribution in [2.45, 2.75) is 26.2 Å². The zero-order valence-corrected chi connectivity index (χ0v) is 15.7. The highest BCUT2D eigenvalue weighted by Gasteiger charge is 2.33. The Labute approximate surface area is 159 Å². The summed E-state index contributed by atoms with van der Waals surface area (Å²) in [5.41, 5.74) is -1.12. The van der Waals surface area contributed by atoms with Crippen LogP contribution in [0.4, 0.5) is 17.6 Å². The van der Waals surface area contributed by atoms with Gasteiger partial charge in [-0.25, -0.2) is 9.38 Å². The van der Waals surface area contributed by atoms with Crippen molar-refractivity contribution in [1.82, 2.24) is 10.6 Å². The fourth-order valence-electron chi connectivity index (χ4n) is 2.04. The number of hydrogen-bond acceptors (Lipinski definition) is 2. The number of nitrogens with zero attached hydrogens (tertiary/aromatic N) is 1. The molecule has 2 aromatic rings. The lowest BCUT2D eigenvalue weighted by molar-refractivity contribution is -0.138. The molecule has 1 aromatic heterocycles. The molecule has 0 amide bonds. The summed E-state index contributed by atoms with van der Waals surface area (Å²) in [6.07, 6.45) is -3.11. The summed E-state index contributed by atoms with van der Waals surface area (Å²) in [6, 6.07) is 6.06. The lowest BCUT2D eigenvalue weighted by Gasteiger charge is -2.13. The maximum atomic E-state index is 13.1. The molecule has 1 heterocycles. The molecule has 0 aliphatic carbocycles. The zero-order chi connectivity index (χ0) is 17.6. The molecule has 0 unspecified atom stereocenters. The third-order valence-corrected chi connectivity index (χ3v) is 3.14. The Morgan fingerprint density at radius 2 is 1.96 bits per heavy atom. The van der Waals surface area contributed by atoms with Gasteiger partial charge in [0.15, 0.2) is 5.96 Å². The molecule has 4 nitrogen and oxygen atoms in total. The molecule has 1 aromatic carbocycles. The Balaban J connectivity index is 0.00000312. The van der Waals surface area contributed by atoms with Gasteiger partial charge < -0.3 is 15.1 Å². The summed E-state index contributed by atoms with van der Waals surface area (Å²) in [5.74, 6) is 0.0719. The van der Waals surface area contributed by atoms with Crippen molar-refractivity contribution in [2.75, 3.05) is 6.54 Å². The van der Waals surface area contributed by atoms with Crippen molar-refractivity contribution in [3.05, 3.63) is 59.3 Å². The molecule has 9 heteroatoms. The summed E-state index contributed by atoms with van der Waals surface area (Å²) in [5, 5.41) is 5.88. The van der Waals surface area contributed by atoms with E-state index in [1.54, 1.807) is 12.1 Å². The van der Waals surface area contributed by atoms with E-state index in [4.69, 9.17) is 4.42 Å². The van der Waals surface area contributed by atoms with Crippen LogP contribution in [0.3, 0.4) is 0 Å². The Morgan fingerprint density at radius 1 is 1.20 bits per heavy atom. The molecule has 0 radical (unpaired) electrons. The number of rotatable bonds is 5. The fraction of sp³-hybridized carbons (Fsp3) is 0.312. The van der Waals surface area contributed by atoms with E-state index < -0.39 is 17.6 Å². The quantitative estimate of drug-likeness (QED) is 0.296. The summed E-state index contributed by atoms with van der Waals surface area (Å²) in [7, 11) is 0. The van der Waals surface area contributed by atoms with Gasteiger partial charge in [-0.05, 0) is 36.8 Å². The molecule has 0 saturated heterocycles. The third kappa shape index (κ3) is 6.56. The van der Waals surface area contributed by atoms with E-state index in [-0.39, 0.29) is 36.1 Å². The Hall–Kier alpha value is -1.78. The van der Waals surface area contributed by atoms with Crippen LogP contribution in [0.25, 0.3) is 0 Å². The molecule has 0 spiro atoms. The monoisotopic (exact) mass is 471 g/mol. The molecular weight excluding hydrogens is 453 g/mol. The van der Waals surface area contributed by atoms with Gasteiger partial charge in [0.05, 0.1) is 24.9 Å². The average Bonchev–Trinajstić information content (AvgIpc) is 3.03. The smallest absolute Gasteiger partial charge is 0.416 e. The van der Waals surface area contributed by atoms with Gasteiger partial charge in [-0.15, -0.1) is 24.0 Å². The number of guanidine groups is 1. The second kappa shape index (κ2) is 9.64. The van der Waals surface area contributed by atoms with E-state index in [1.807, 2.05) is 6.92 Å². The van der Waals surface area contributed by atoms with E-state index in [9.17, 15) is 17.6 Å². The number of aliphatic imine (C=N–C) groups is 1. The summed E-state index contributed by atoms with van der Waals surface area (Å²) in [4.78, 5) is 4.12. The van der Waals surface area contributed by atoms with Crippen molar-refractivity contribution in [3.8, 4) is 0 Å². The molecule has 2 rings (SSSR count). The van der Waals surface area contributed by atoms with Crippen LogP contribution in [0, 0.1) is 5.82 Å². The normalized spacial score (nSPS) is 11.8. The zero-order valence-electron chi connectivity index (χ0n) is 13.4. The standard InChI is InChI=1S/C16H17F4N3O.HI/c1-2-21-15(23-10-13-4-3-7-24-13)22-9-11-5-6-12(17)8-14(11)16(18,19)20;/h3-8H,2,9-10H2,1H3,(H2,21,22,23);1H. The number of halogens is 5. The summed E-state index contributed by atoms with van der Waals surface area (Å²) < 4.78 is 57.2. The first-order valence-corrected chi connectivity index (χ1v) is 7.30. The van der Waals surface area contributed by atoms with E-state index in [0.717, 1.165) is 12.1 Å². The highest BCUT2D eigenvalue weighted by Crippen LogP contribution is 2.32. The van der Waals surface area contributed by atoms with Crippen molar-refractivity contribution < 1.29 is 22.0 Å². The average molecular weight is 471 g/mol. The Kier molecular flexibility index (Phi) is 8.20. The Morgan fingerprint density at radius 3 is 2.56 bits per heavy atom. The van der Waals surface area contributed by atoms with Gasteiger partial charge in [-0.2, -0.15) is 13.2 Å². The summed E-state index contributed by atoms with van der Waals surface area (Å²) in [6.45, 7) is 2.49. The van der Waals surface area contributed by atoms with Crippen molar-refractivity contribution in [3.63, 3.8) is 0 Å². The third-order valence-electron chi connectivity index (χ3n) is 3.14. The second-order valence-corrected chi connectivity index (χ2v) is 4.93. The van der Waals surface area contributed by atoms with Crippen LogP contribution in [0.1, 0.15) is 23.8 Å². The van der Waals surface area contributed by atoms with Crippen LogP contribution in [-0.2, 0) is 19.3 Å². The van der Waals surface area contributed by atoms with Crippen molar-refractivity contribution >= 4 is 29.9 Å². The van der Waals surface area contributed by atoms with E-state index in [1.165, 1.54) is 6.26 Å². The van der Waals surface area contributed by atoms with Gasteiger partial charge in [-0.1, -0.05) is 6.07 Å². The van der Waals surface area contributed by atoms with Gasteiger partial charge in [-0.3, -0.25) is 0 Å². The minimum absolute atomic E-state index is 0. The van der Waals surface area contributed by atoms with E-state index >= 15 is 0 Å². The first-order valence-electron chi connectivity index (χ1n) is 7.30. The van der Waals surface area contributed by atoms with Gasteiger partial charge in [0.2, 0.25) is 0 Å². The molecule has 138 valence electrons. The van der Waals surface area contributed by atoms with Crippen LogP contribution < -0.4 is 10.6 Å². The number of hydrogen-bond donors (Lipinski definition) is 2.